The molecule has 0 radical (unpaired) electrons. The fourth-order valence-corrected chi connectivity index (χ4v) is 2.50. The predicted molar refractivity (Wildman–Crippen MR) is 61.6 cm³/mol. The molecule has 1 atom stereocenters. The van der Waals surface area contributed by atoms with E-state index >= 15 is 0 Å². The molecule has 0 aliphatic heterocycles. The minimum absolute atomic E-state index is 0.138. The maximum absolute atomic E-state index is 11.5. The van der Waals surface area contributed by atoms with Gasteiger partial charge in [0.15, 0.2) is 5.78 Å². The first-order chi connectivity index (χ1) is 6.83. The van der Waals surface area contributed by atoms with E-state index in [9.17, 15) is 9.90 Å². The normalized spacial score (nSPS) is 30.2. The Bertz CT molecular complexity index is 289. The standard InChI is InChI=1S/C13H22O2/c1-5-6-7-13(15)10(2)8-11(14)9-12(13,3)4/h8,15H,5-7,9H2,1-4H3. The number of carbonyl (C=O) groups is 1. The Labute approximate surface area is 92.4 Å². The topological polar surface area (TPSA) is 37.3 Å². The summed E-state index contributed by atoms with van der Waals surface area (Å²) in [6.45, 7) is 7.95. The fraction of sp³-hybridized carbons (Fsp3) is 0.769. The quantitative estimate of drug-likeness (QED) is 0.777. The summed E-state index contributed by atoms with van der Waals surface area (Å²) in [6, 6.07) is 0. The molecular weight excluding hydrogens is 188 g/mol. The van der Waals surface area contributed by atoms with Crippen LogP contribution in [0.4, 0.5) is 0 Å². The van der Waals surface area contributed by atoms with Gasteiger partial charge in [-0.2, -0.15) is 0 Å². The van der Waals surface area contributed by atoms with Crippen LogP contribution in [0.2, 0.25) is 0 Å². The summed E-state index contributed by atoms with van der Waals surface area (Å²) in [5.74, 6) is 0.138. The smallest absolute Gasteiger partial charge is 0.156 e. The third-order valence-corrected chi connectivity index (χ3v) is 3.66. The Kier molecular flexibility index (Phi) is 3.39. The molecule has 1 aliphatic rings. The maximum Gasteiger partial charge on any atom is 0.156 e. The minimum Gasteiger partial charge on any atom is -0.385 e. The van der Waals surface area contributed by atoms with Crippen molar-refractivity contribution in [1.29, 1.82) is 0 Å². The van der Waals surface area contributed by atoms with E-state index in [1.54, 1.807) is 6.08 Å². The van der Waals surface area contributed by atoms with E-state index in [1.807, 2.05) is 20.8 Å². The Morgan fingerprint density at radius 2 is 2.07 bits per heavy atom. The Balaban J connectivity index is 3.01. The average Bonchev–Trinajstić information content (AvgIpc) is 2.10. The van der Waals surface area contributed by atoms with Gasteiger partial charge in [-0.1, -0.05) is 33.6 Å². The van der Waals surface area contributed by atoms with Gasteiger partial charge < -0.3 is 5.11 Å². The first kappa shape index (κ1) is 12.4. The molecule has 0 bridgehead atoms. The van der Waals surface area contributed by atoms with Crippen LogP contribution in [0.15, 0.2) is 11.6 Å². The fourth-order valence-electron chi connectivity index (χ4n) is 2.50. The summed E-state index contributed by atoms with van der Waals surface area (Å²) in [4.78, 5) is 11.5. The minimum atomic E-state index is -0.795. The van der Waals surface area contributed by atoms with Crippen LogP contribution in [0.1, 0.15) is 53.4 Å². The number of hydrogen-bond acceptors (Lipinski definition) is 2. The molecule has 0 heterocycles. The van der Waals surface area contributed by atoms with E-state index < -0.39 is 5.60 Å². The van der Waals surface area contributed by atoms with E-state index in [2.05, 4.69) is 6.92 Å². The molecule has 2 nitrogen and oxygen atoms in total. The monoisotopic (exact) mass is 210 g/mol. The summed E-state index contributed by atoms with van der Waals surface area (Å²) in [5, 5.41) is 10.7. The van der Waals surface area contributed by atoms with Gasteiger partial charge >= 0.3 is 0 Å². The first-order valence-corrected chi connectivity index (χ1v) is 5.77. The zero-order valence-electron chi connectivity index (χ0n) is 10.3. The summed E-state index contributed by atoms with van der Waals surface area (Å²) in [7, 11) is 0. The molecule has 0 saturated heterocycles. The molecule has 1 rings (SSSR count). The van der Waals surface area contributed by atoms with Crippen molar-refractivity contribution < 1.29 is 9.90 Å². The first-order valence-electron chi connectivity index (χ1n) is 5.77. The molecule has 0 spiro atoms. The van der Waals surface area contributed by atoms with Gasteiger partial charge in [0, 0.05) is 11.8 Å². The van der Waals surface area contributed by atoms with E-state index in [0.717, 1.165) is 24.8 Å². The second-order valence-electron chi connectivity index (χ2n) is 5.32. The Morgan fingerprint density at radius 3 is 2.53 bits per heavy atom. The molecule has 0 aromatic rings. The number of allylic oxidation sites excluding steroid dienone is 1. The highest BCUT2D eigenvalue weighted by molar-refractivity contribution is 5.92. The number of hydrogen-bond donors (Lipinski definition) is 1. The third-order valence-electron chi connectivity index (χ3n) is 3.66. The van der Waals surface area contributed by atoms with Crippen molar-refractivity contribution in [2.24, 2.45) is 5.41 Å². The largest absolute Gasteiger partial charge is 0.385 e. The summed E-state index contributed by atoms with van der Waals surface area (Å²) in [5.41, 5.74) is -0.299. The predicted octanol–water partition coefficient (Wildman–Crippen LogP) is 2.85. The van der Waals surface area contributed by atoms with E-state index in [1.165, 1.54) is 0 Å². The SMILES string of the molecule is CCCCC1(O)C(C)=CC(=O)CC1(C)C. The van der Waals surface area contributed by atoms with E-state index in [0.29, 0.717) is 6.42 Å². The maximum atomic E-state index is 11.5. The zero-order valence-corrected chi connectivity index (χ0v) is 10.3. The lowest BCUT2D eigenvalue weighted by Crippen LogP contribution is -2.49. The molecule has 0 aromatic carbocycles. The Morgan fingerprint density at radius 1 is 1.47 bits per heavy atom. The van der Waals surface area contributed by atoms with Gasteiger partial charge in [-0.05, 0) is 25.0 Å². The van der Waals surface area contributed by atoms with Crippen molar-refractivity contribution in [2.75, 3.05) is 0 Å². The Hall–Kier alpha value is -0.630. The van der Waals surface area contributed by atoms with Gasteiger partial charge in [0.05, 0.1) is 5.60 Å². The second-order valence-corrected chi connectivity index (χ2v) is 5.32. The van der Waals surface area contributed by atoms with Gasteiger partial charge in [-0.25, -0.2) is 0 Å². The molecule has 1 unspecified atom stereocenters. The highest BCUT2D eigenvalue weighted by Gasteiger charge is 2.47. The summed E-state index contributed by atoms with van der Waals surface area (Å²) >= 11 is 0. The van der Waals surface area contributed by atoms with Crippen LogP contribution in [0.25, 0.3) is 0 Å². The van der Waals surface area contributed by atoms with E-state index in [-0.39, 0.29) is 11.2 Å². The number of ketones is 1. The molecule has 1 aliphatic carbocycles. The number of unbranched alkanes of at least 4 members (excludes halogenated alkanes) is 1. The van der Waals surface area contributed by atoms with Crippen molar-refractivity contribution in [3.8, 4) is 0 Å². The zero-order chi connectivity index (χ0) is 11.7. The number of aliphatic hydroxyl groups is 1. The number of rotatable bonds is 3. The van der Waals surface area contributed by atoms with Crippen molar-refractivity contribution in [3.63, 3.8) is 0 Å². The average molecular weight is 210 g/mol. The van der Waals surface area contributed by atoms with Gasteiger partial charge in [0.25, 0.3) is 0 Å². The van der Waals surface area contributed by atoms with Crippen molar-refractivity contribution in [1.82, 2.24) is 0 Å². The van der Waals surface area contributed by atoms with Gasteiger partial charge in [0.2, 0.25) is 0 Å². The van der Waals surface area contributed by atoms with Crippen LogP contribution in [0.3, 0.4) is 0 Å². The third kappa shape index (κ3) is 2.15. The van der Waals surface area contributed by atoms with Crippen LogP contribution in [0, 0.1) is 5.41 Å². The van der Waals surface area contributed by atoms with Crippen LogP contribution in [-0.2, 0) is 4.79 Å². The summed E-state index contributed by atoms with van der Waals surface area (Å²) < 4.78 is 0. The lowest BCUT2D eigenvalue weighted by atomic mass is 9.63. The molecule has 0 saturated carbocycles. The van der Waals surface area contributed by atoms with Crippen molar-refractivity contribution in [2.45, 2.75) is 59.0 Å². The van der Waals surface area contributed by atoms with E-state index in [4.69, 9.17) is 0 Å². The van der Waals surface area contributed by atoms with Crippen molar-refractivity contribution in [3.05, 3.63) is 11.6 Å². The lowest BCUT2D eigenvalue weighted by molar-refractivity contribution is -0.124. The summed E-state index contributed by atoms with van der Waals surface area (Å²) in [6.07, 6.45) is 4.89. The van der Waals surface area contributed by atoms with Crippen LogP contribution in [-0.4, -0.2) is 16.5 Å². The second kappa shape index (κ2) is 4.09. The van der Waals surface area contributed by atoms with Crippen molar-refractivity contribution >= 4 is 5.78 Å². The molecular formula is C13H22O2. The van der Waals surface area contributed by atoms with Crippen LogP contribution < -0.4 is 0 Å². The van der Waals surface area contributed by atoms with Crippen LogP contribution >= 0.6 is 0 Å². The molecule has 0 aromatic heterocycles. The van der Waals surface area contributed by atoms with Gasteiger partial charge in [0.1, 0.15) is 0 Å². The molecule has 0 amide bonds. The molecule has 0 fully saturated rings. The van der Waals surface area contributed by atoms with Gasteiger partial charge in [-0.15, -0.1) is 0 Å². The molecule has 2 heteroatoms. The molecule has 86 valence electrons. The highest BCUT2D eigenvalue weighted by Crippen LogP contribution is 2.45. The molecule has 1 N–H and O–H groups in total. The highest BCUT2D eigenvalue weighted by atomic mass is 16.3. The molecule has 15 heavy (non-hydrogen) atoms. The lowest BCUT2D eigenvalue weighted by Gasteiger charge is -2.46. The van der Waals surface area contributed by atoms with Gasteiger partial charge in [-0.3, -0.25) is 4.79 Å². The van der Waals surface area contributed by atoms with Crippen LogP contribution in [0.5, 0.6) is 0 Å². The number of carbonyl (C=O) groups excluding carboxylic acids is 1.